The molecule has 82 valence electrons. The highest BCUT2D eigenvalue weighted by Crippen LogP contribution is 2.42. The molecular formula is C11H17N3O. The smallest absolute Gasteiger partial charge is 0.160 e. The summed E-state index contributed by atoms with van der Waals surface area (Å²) in [5, 5.41) is 3.09. The molecule has 0 aromatic carbocycles. The molecule has 0 atom stereocenters. The zero-order valence-electron chi connectivity index (χ0n) is 9.29. The second-order valence-corrected chi connectivity index (χ2v) is 3.95. The van der Waals surface area contributed by atoms with Crippen LogP contribution in [0.15, 0.2) is 12.3 Å². The maximum absolute atomic E-state index is 5.55. The number of nitrogens with zero attached hydrogens (tertiary/aromatic N) is 2. The van der Waals surface area contributed by atoms with Crippen molar-refractivity contribution in [1.29, 1.82) is 0 Å². The molecule has 1 aliphatic rings. The summed E-state index contributed by atoms with van der Waals surface area (Å²) in [7, 11) is 3.66. The van der Waals surface area contributed by atoms with Crippen molar-refractivity contribution in [2.45, 2.75) is 31.4 Å². The van der Waals surface area contributed by atoms with Crippen molar-refractivity contribution in [1.82, 2.24) is 15.3 Å². The fourth-order valence-electron chi connectivity index (χ4n) is 1.91. The maximum atomic E-state index is 5.55. The van der Waals surface area contributed by atoms with Crippen LogP contribution in [0.4, 0.5) is 0 Å². The second kappa shape index (κ2) is 4.24. The Hall–Kier alpha value is -1.00. The average Bonchev–Trinajstić information content (AvgIpc) is 2.18. The van der Waals surface area contributed by atoms with Gasteiger partial charge in [0.05, 0.1) is 5.69 Å². The van der Waals surface area contributed by atoms with E-state index in [1.807, 2.05) is 19.3 Å². The van der Waals surface area contributed by atoms with Crippen LogP contribution in [0, 0.1) is 0 Å². The van der Waals surface area contributed by atoms with E-state index < -0.39 is 0 Å². The average molecular weight is 207 g/mol. The van der Waals surface area contributed by atoms with E-state index in [-0.39, 0.29) is 5.60 Å². The van der Waals surface area contributed by atoms with E-state index in [1.54, 1.807) is 7.11 Å². The summed E-state index contributed by atoms with van der Waals surface area (Å²) in [5.74, 6) is 0.837. The number of rotatable bonds is 4. The number of aromatic nitrogens is 2. The zero-order chi connectivity index (χ0) is 10.7. The van der Waals surface area contributed by atoms with E-state index in [2.05, 4.69) is 15.3 Å². The predicted octanol–water partition coefficient (Wildman–Crippen LogP) is 1.22. The van der Waals surface area contributed by atoms with E-state index >= 15 is 0 Å². The third kappa shape index (κ3) is 1.87. The molecule has 0 aliphatic heterocycles. The van der Waals surface area contributed by atoms with Crippen LogP contribution in [0.1, 0.15) is 30.8 Å². The first-order valence-corrected chi connectivity index (χ1v) is 5.33. The van der Waals surface area contributed by atoms with Gasteiger partial charge in [0, 0.05) is 19.9 Å². The van der Waals surface area contributed by atoms with Crippen LogP contribution in [-0.4, -0.2) is 24.1 Å². The van der Waals surface area contributed by atoms with E-state index in [4.69, 9.17) is 4.74 Å². The molecular weight excluding hydrogens is 190 g/mol. The van der Waals surface area contributed by atoms with Gasteiger partial charge in [-0.1, -0.05) is 0 Å². The molecule has 0 radical (unpaired) electrons. The summed E-state index contributed by atoms with van der Waals surface area (Å²) < 4.78 is 5.55. The highest BCUT2D eigenvalue weighted by atomic mass is 16.5. The fourth-order valence-corrected chi connectivity index (χ4v) is 1.91. The molecule has 1 aliphatic carbocycles. The standard InChI is InChI=1S/C11H17N3O/c1-12-8-9-4-7-13-10(14-9)11(15-2)5-3-6-11/h4,7,12H,3,5-6,8H2,1-2H3. The van der Waals surface area contributed by atoms with Gasteiger partial charge in [-0.25, -0.2) is 9.97 Å². The van der Waals surface area contributed by atoms with Gasteiger partial charge in [0.1, 0.15) is 5.60 Å². The van der Waals surface area contributed by atoms with Crippen LogP contribution >= 0.6 is 0 Å². The van der Waals surface area contributed by atoms with Gasteiger partial charge >= 0.3 is 0 Å². The van der Waals surface area contributed by atoms with Crippen LogP contribution in [-0.2, 0) is 16.9 Å². The molecule has 1 heterocycles. The topological polar surface area (TPSA) is 47.0 Å². The molecule has 2 rings (SSSR count). The Labute approximate surface area is 90.1 Å². The molecule has 4 heteroatoms. The number of hydrogen-bond donors (Lipinski definition) is 1. The van der Waals surface area contributed by atoms with Gasteiger partial charge in [-0.05, 0) is 32.4 Å². The van der Waals surface area contributed by atoms with E-state index in [0.717, 1.165) is 30.9 Å². The summed E-state index contributed by atoms with van der Waals surface area (Å²) >= 11 is 0. The summed E-state index contributed by atoms with van der Waals surface area (Å²) in [5.41, 5.74) is 0.815. The summed E-state index contributed by atoms with van der Waals surface area (Å²) in [6.07, 6.45) is 5.08. The highest BCUT2D eigenvalue weighted by molar-refractivity contribution is 5.11. The van der Waals surface area contributed by atoms with E-state index in [9.17, 15) is 0 Å². The van der Waals surface area contributed by atoms with Gasteiger partial charge < -0.3 is 10.1 Å². The number of methoxy groups -OCH3 is 1. The lowest BCUT2D eigenvalue weighted by Gasteiger charge is -2.38. The number of ether oxygens (including phenoxy) is 1. The minimum atomic E-state index is -0.205. The molecule has 15 heavy (non-hydrogen) atoms. The van der Waals surface area contributed by atoms with Gasteiger partial charge in [0.25, 0.3) is 0 Å². The van der Waals surface area contributed by atoms with Crippen molar-refractivity contribution < 1.29 is 4.74 Å². The van der Waals surface area contributed by atoms with E-state index in [0.29, 0.717) is 0 Å². The molecule has 0 saturated heterocycles. The molecule has 4 nitrogen and oxygen atoms in total. The maximum Gasteiger partial charge on any atom is 0.160 e. The number of hydrogen-bond acceptors (Lipinski definition) is 4. The quantitative estimate of drug-likeness (QED) is 0.806. The largest absolute Gasteiger partial charge is 0.370 e. The van der Waals surface area contributed by atoms with Crippen molar-refractivity contribution in [2.24, 2.45) is 0 Å². The van der Waals surface area contributed by atoms with Crippen molar-refractivity contribution in [3.63, 3.8) is 0 Å². The first-order valence-electron chi connectivity index (χ1n) is 5.33. The summed E-state index contributed by atoms with van der Waals surface area (Å²) in [4.78, 5) is 8.85. The first kappa shape index (κ1) is 10.5. The Morgan fingerprint density at radius 3 is 2.87 bits per heavy atom. The van der Waals surface area contributed by atoms with Crippen LogP contribution < -0.4 is 5.32 Å². The molecule has 0 bridgehead atoms. The fraction of sp³-hybridized carbons (Fsp3) is 0.636. The van der Waals surface area contributed by atoms with Crippen molar-refractivity contribution in [3.05, 3.63) is 23.8 Å². The molecule has 0 spiro atoms. The minimum Gasteiger partial charge on any atom is -0.370 e. The highest BCUT2D eigenvalue weighted by Gasteiger charge is 2.41. The zero-order valence-corrected chi connectivity index (χ0v) is 9.29. The van der Waals surface area contributed by atoms with Gasteiger partial charge in [0.15, 0.2) is 5.82 Å². The Morgan fingerprint density at radius 1 is 1.53 bits per heavy atom. The summed E-state index contributed by atoms with van der Waals surface area (Å²) in [6.45, 7) is 0.773. The van der Waals surface area contributed by atoms with Crippen molar-refractivity contribution in [3.8, 4) is 0 Å². The Kier molecular flexibility index (Phi) is 2.98. The molecule has 1 N–H and O–H groups in total. The molecule has 1 aromatic rings. The SMILES string of the molecule is CNCc1ccnc(C2(OC)CCC2)n1. The lowest BCUT2D eigenvalue weighted by atomic mass is 9.79. The lowest BCUT2D eigenvalue weighted by Crippen LogP contribution is -2.38. The second-order valence-electron chi connectivity index (χ2n) is 3.95. The van der Waals surface area contributed by atoms with E-state index in [1.165, 1.54) is 6.42 Å². The minimum absolute atomic E-state index is 0.205. The van der Waals surface area contributed by atoms with Gasteiger partial charge in [0.2, 0.25) is 0 Å². The monoisotopic (exact) mass is 207 g/mol. The molecule has 0 amide bonds. The first-order chi connectivity index (χ1) is 7.30. The van der Waals surface area contributed by atoms with Crippen molar-refractivity contribution >= 4 is 0 Å². The van der Waals surface area contributed by atoms with Gasteiger partial charge in [-0.2, -0.15) is 0 Å². The third-order valence-corrected chi connectivity index (χ3v) is 3.03. The van der Waals surface area contributed by atoms with Crippen LogP contribution in [0.3, 0.4) is 0 Å². The van der Waals surface area contributed by atoms with Crippen molar-refractivity contribution in [2.75, 3.05) is 14.2 Å². The predicted molar refractivity (Wildman–Crippen MR) is 57.3 cm³/mol. The number of nitrogens with one attached hydrogen (secondary N) is 1. The normalized spacial score (nSPS) is 18.5. The van der Waals surface area contributed by atoms with Crippen LogP contribution in [0.2, 0.25) is 0 Å². The lowest BCUT2D eigenvalue weighted by molar-refractivity contribution is -0.0848. The Bertz CT molecular complexity index is 331. The van der Waals surface area contributed by atoms with Crippen LogP contribution in [0.25, 0.3) is 0 Å². The summed E-state index contributed by atoms with van der Waals surface area (Å²) in [6, 6.07) is 1.93. The molecule has 0 unspecified atom stereocenters. The molecule has 1 aromatic heterocycles. The Morgan fingerprint density at radius 2 is 2.33 bits per heavy atom. The van der Waals surface area contributed by atoms with Gasteiger partial charge in [-0.3, -0.25) is 0 Å². The molecule has 1 fully saturated rings. The third-order valence-electron chi connectivity index (χ3n) is 3.03. The van der Waals surface area contributed by atoms with Gasteiger partial charge in [-0.15, -0.1) is 0 Å². The van der Waals surface area contributed by atoms with Crippen LogP contribution in [0.5, 0.6) is 0 Å². The molecule has 1 saturated carbocycles. The Balaban J connectivity index is 2.23.